The molecule has 112 valence electrons. The maximum absolute atomic E-state index is 12.3. The van der Waals surface area contributed by atoms with Crippen LogP contribution in [-0.4, -0.2) is 37.8 Å². The number of amides is 1. The SMILES string of the molecule is CCOc1ccc2c(c1)C(=O)N(CCCCBr)S2(O)O. The molecule has 2 N–H and O–H groups in total. The van der Waals surface area contributed by atoms with Crippen molar-refractivity contribution >= 4 is 32.6 Å². The average Bonchev–Trinajstić information content (AvgIpc) is 2.60. The summed E-state index contributed by atoms with van der Waals surface area (Å²) in [7, 11) is -3.19. The number of hydrogen-bond donors (Lipinski definition) is 2. The fraction of sp³-hybridized carbons (Fsp3) is 0.462. The molecule has 5 nitrogen and oxygen atoms in total. The second kappa shape index (κ2) is 6.34. The molecule has 0 saturated carbocycles. The molecule has 0 aliphatic carbocycles. The highest BCUT2D eigenvalue weighted by Gasteiger charge is 2.41. The van der Waals surface area contributed by atoms with Crippen molar-refractivity contribution in [2.45, 2.75) is 24.7 Å². The average molecular weight is 364 g/mol. The number of hydrogen-bond acceptors (Lipinski definition) is 4. The zero-order valence-corrected chi connectivity index (χ0v) is 13.6. The molecule has 1 heterocycles. The van der Waals surface area contributed by atoms with Crippen LogP contribution < -0.4 is 4.74 Å². The van der Waals surface area contributed by atoms with Crippen molar-refractivity contribution in [3.63, 3.8) is 0 Å². The zero-order chi connectivity index (χ0) is 14.8. The minimum Gasteiger partial charge on any atom is -0.494 e. The number of ether oxygens (including phenoxy) is 1. The monoisotopic (exact) mass is 363 g/mol. The molecule has 0 unspecified atom stereocenters. The van der Waals surface area contributed by atoms with E-state index in [9.17, 15) is 13.9 Å². The summed E-state index contributed by atoms with van der Waals surface area (Å²) < 4.78 is 27.1. The third kappa shape index (κ3) is 2.81. The second-order valence-corrected chi connectivity index (χ2v) is 7.12. The van der Waals surface area contributed by atoms with Crippen molar-refractivity contribution in [3.05, 3.63) is 23.8 Å². The Balaban J connectivity index is 2.27. The molecule has 0 bridgehead atoms. The summed E-state index contributed by atoms with van der Waals surface area (Å²) in [4.78, 5) is 12.6. The van der Waals surface area contributed by atoms with Crippen molar-refractivity contribution in [3.8, 4) is 5.75 Å². The standard InChI is InChI=1S/C13H18BrNO4S/c1-2-19-10-5-6-12-11(9-10)13(16)15(20(12,17)18)8-4-3-7-14/h5-6,9,17-18H,2-4,7-8H2,1H3. The highest BCUT2D eigenvalue weighted by molar-refractivity contribution is 9.09. The molecule has 1 aliphatic rings. The van der Waals surface area contributed by atoms with Crippen LogP contribution >= 0.6 is 26.7 Å². The van der Waals surface area contributed by atoms with Gasteiger partial charge in [-0.1, -0.05) is 26.7 Å². The van der Waals surface area contributed by atoms with Crippen molar-refractivity contribution < 1.29 is 18.6 Å². The lowest BCUT2D eigenvalue weighted by Gasteiger charge is -2.36. The molecular formula is C13H18BrNO4S. The third-order valence-electron chi connectivity index (χ3n) is 3.07. The first-order chi connectivity index (χ1) is 9.52. The van der Waals surface area contributed by atoms with Crippen LogP contribution in [0.15, 0.2) is 23.1 Å². The third-order valence-corrected chi connectivity index (χ3v) is 5.54. The van der Waals surface area contributed by atoms with E-state index >= 15 is 0 Å². The van der Waals surface area contributed by atoms with E-state index in [4.69, 9.17) is 4.74 Å². The van der Waals surface area contributed by atoms with Crippen molar-refractivity contribution in [2.24, 2.45) is 0 Å². The predicted molar refractivity (Wildman–Crippen MR) is 82.8 cm³/mol. The number of rotatable bonds is 6. The summed E-state index contributed by atoms with van der Waals surface area (Å²) in [5, 5.41) is 0.829. The molecule has 0 atom stereocenters. The van der Waals surface area contributed by atoms with Gasteiger partial charge in [0.2, 0.25) is 0 Å². The molecule has 0 fully saturated rings. The van der Waals surface area contributed by atoms with Gasteiger partial charge in [0.1, 0.15) is 5.75 Å². The van der Waals surface area contributed by atoms with E-state index in [1.165, 1.54) is 4.31 Å². The topological polar surface area (TPSA) is 70.0 Å². The Morgan fingerprint density at radius 1 is 1.35 bits per heavy atom. The normalized spacial score (nSPS) is 18.0. The molecule has 20 heavy (non-hydrogen) atoms. The van der Waals surface area contributed by atoms with Gasteiger partial charge in [-0.3, -0.25) is 13.9 Å². The lowest BCUT2D eigenvalue weighted by atomic mass is 10.2. The van der Waals surface area contributed by atoms with Crippen LogP contribution in [0.3, 0.4) is 0 Å². The Kier molecular flexibility index (Phi) is 4.95. The van der Waals surface area contributed by atoms with Gasteiger partial charge in [0, 0.05) is 11.9 Å². The summed E-state index contributed by atoms with van der Waals surface area (Å²) in [6, 6.07) is 4.81. The number of carbonyl (C=O) groups is 1. The molecule has 0 saturated heterocycles. The van der Waals surface area contributed by atoms with Crippen LogP contribution in [0.2, 0.25) is 0 Å². The van der Waals surface area contributed by atoms with Gasteiger partial charge in [-0.25, -0.2) is 4.31 Å². The Labute approximate surface area is 128 Å². The smallest absolute Gasteiger partial charge is 0.274 e. The molecular weight excluding hydrogens is 346 g/mol. The van der Waals surface area contributed by atoms with Crippen molar-refractivity contribution in [1.29, 1.82) is 0 Å². The van der Waals surface area contributed by atoms with Crippen LogP contribution in [0.25, 0.3) is 0 Å². The highest BCUT2D eigenvalue weighted by atomic mass is 79.9. The van der Waals surface area contributed by atoms with E-state index < -0.39 is 10.8 Å². The van der Waals surface area contributed by atoms with Crippen LogP contribution in [0.5, 0.6) is 5.75 Å². The summed E-state index contributed by atoms with van der Waals surface area (Å²) in [6.45, 7) is 2.69. The highest BCUT2D eigenvalue weighted by Crippen LogP contribution is 2.58. The number of benzene rings is 1. The lowest BCUT2D eigenvalue weighted by Crippen LogP contribution is -2.28. The molecule has 0 radical (unpaired) electrons. The van der Waals surface area contributed by atoms with E-state index in [0.29, 0.717) is 29.4 Å². The molecule has 7 heteroatoms. The first kappa shape index (κ1) is 15.6. The summed E-state index contributed by atoms with van der Waals surface area (Å²) in [5.41, 5.74) is 0.329. The maximum Gasteiger partial charge on any atom is 0.274 e. The van der Waals surface area contributed by atoms with E-state index in [1.807, 2.05) is 6.92 Å². The van der Waals surface area contributed by atoms with Gasteiger partial charge in [-0.15, -0.1) is 0 Å². The lowest BCUT2D eigenvalue weighted by molar-refractivity contribution is 0.0861. The molecule has 1 amide bonds. The van der Waals surface area contributed by atoms with E-state index in [1.54, 1.807) is 18.2 Å². The fourth-order valence-corrected chi connectivity index (χ4v) is 4.16. The van der Waals surface area contributed by atoms with E-state index in [2.05, 4.69) is 15.9 Å². The van der Waals surface area contributed by atoms with Crippen LogP contribution in [-0.2, 0) is 0 Å². The first-order valence-corrected chi connectivity index (χ1v) is 9.08. The van der Waals surface area contributed by atoms with Gasteiger partial charge in [0.05, 0.1) is 17.1 Å². The van der Waals surface area contributed by atoms with Gasteiger partial charge in [0.15, 0.2) is 0 Å². The molecule has 1 aromatic carbocycles. The molecule has 1 aliphatic heterocycles. The number of fused-ring (bicyclic) bond motifs is 1. The number of nitrogens with zero attached hydrogens (tertiary/aromatic N) is 1. The zero-order valence-electron chi connectivity index (χ0n) is 11.2. The van der Waals surface area contributed by atoms with Gasteiger partial charge in [-0.05, 0) is 38.0 Å². The first-order valence-electron chi connectivity index (χ1n) is 6.45. The van der Waals surface area contributed by atoms with Gasteiger partial charge < -0.3 is 4.74 Å². The van der Waals surface area contributed by atoms with E-state index in [-0.39, 0.29) is 5.91 Å². The quantitative estimate of drug-likeness (QED) is 0.596. The van der Waals surface area contributed by atoms with Gasteiger partial charge >= 0.3 is 0 Å². The Morgan fingerprint density at radius 3 is 2.75 bits per heavy atom. The van der Waals surface area contributed by atoms with Crippen LogP contribution in [0, 0.1) is 0 Å². The molecule has 1 aromatic rings. The molecule has 2 rings (SSSR count). The van der Waals surface area contributed by atoms with Gasteiger partial charge in [-0.2, -0.15) is 0 Å². The summed E-state index contributed by atoms with van der Waals surface area (Å²) in [6.07, 6.45) is 1.60. The van der Waals surface area contributed by atoms with Crippen LogP contribution in [0.1, 0.15) is 30.1 Å². The van der Waals surface area contributed by atoms with E-state index in [0.717, 1.165) is 18.2 Å². The minimum absolute atomic E-state index is 0.296. The Bertz CT molecular complexity index is 509. The predicted octanol–water partition coefficient (Wildman–Crippen LogP) is 3.74. The number of alkyl halides is 1. The fourth-order valence-electron chi connectivity index (χ4n) is 2.12. The number of unbranched alkanes of at least 4 members (excludes halogenated alkanes) is 1. The Morgan fingerprint density at radius 2 is 2.10 bits per heavy atom. The summed E-state index contributed by atoms with van der Waals surface area (Å²) in [5.74, 6) is 0.230. The second-order valence-electron chi connectivity index (χ2n) is 4.41. The summed E-state index contributed by atoms with van der Waals surface area (Å²) >= 11 is 3.32. The van der Waals surface area contributed by atoms with Gasteiger partial charge in [0.25, 0.3) is 5.91 Å². The number of carbonyl (C=O) groups excluding carboxylic acids is 1. The van der Waals surface area contributed by atoms with Crippen molar-refractivity contribution in [2.75, 3.05) is 18.5 Å². The number of halogens is 1. The Hall–Kier alpha value is -0.760. The van der Waals surface area contributed by atoms with Crippen LogP contribution in [0.4, 0.5) is 0 Å². The van der Waals surface area contributed by atoms with Crippen molar-refractivity contribution in [1.82, 2.24) is 4.31 Å². The largest absolute Gasteiger partial charge is 0.494 e. The molecule has 0 aromatic heterocycles. The minimum atomic E-state index is -3.19. The molecule has 0 spiro atoms. The maximum atomic E-state index is 12.3.